The van der Waals surface area contributed by atoms with Gasteiger partial charge in [0.1, 0.15) is 18.1 Å². The third-order valence-electron chi connectivity index (χ3n) is 1.40. The van der Waals surface area contributed by atoms with Crippen LogP contribution in [0.2, 0.25) is 0 Å². The number of aliphatic hydroxyl groups excluding tert-OH is 1. The van der Waals surface area contributed by atoms with E-state index in [1.165, 1.54) is 18.2 Å². The fraction of sp³-hybridized carbons (Fsp3) is 0.333. The lowest BCUT2D eigenvalue weighted by molar-refractivity contribution is -0.274. The second-order valence-electron chi connectivity index (χ2n) is 2.59. The standard InChI is InChI=1S/C9H9F3O3/c10-9(11,12)15-8-3-1-2-7(6-8)14-5-4-13/h1-3,6,13H,4-5H2. The van der Waals surface area contributed by atoms with Crippen molar-refractivity contribution in [2.75, 3.05) is 13.2 Å². The monoisotopic (exact) mass is 222 g/mol. The Kier molecular flexibility index (Phi) is 3.79. The Morgan fingerprint density at radius 2 is 1.87 bits per heavy atom. The van der Waals surface area contributed by atoms with Crippen molar-refractivity contribution in [3.63, 3.8) is 0 Å². The molecule has 0 aliphatic heterocycles. The number of hydrogen-bond acceptors (Lipinski definition) is 3. The molecule has 1 rings (SSSR count). The van der Waals surface area contributed by atoms with Crippen LogP contribution in [0.3, 0.4) is 0 Å². The predicted molar refractivity (Wildman–Crippen MR) is 45.7 cm³/mol. The van der Waals surface area contributed by atoms with Crippen LogP contribution in [0, 0.1) is 0 Å². The van der Waals surface area contributed by atoms with Crippen molar-refractivity contribution in [3.05, 3.63) is 24.3 Å². The summed E-state index contributed by atoms with van der Waals surface area (Å²) in [5.41, 5.74) is 0. The van der Waals surface area contributed by atoms with Gasteiger partial charge in [-0.05, 0) is 12.1 Å². The molecular formula is C9H9F3O3. The van der Waals surface area contributed by atoms with Crippen molar-refractivity contribution < 1.29 is 27.8 Å². The molecule has 1 N–H and O–H groups in total. The van der Waals surface area contributed by atoms with E-state index in [0.717, 1.165) is 6.07 Å². The van der Waals surface area contributed by atoms with Crippen LogP contribution >= 0.6 is 0 Å². The molecule has 0 bridgehead atoms. The summed E-state index contributed by atoms with van der Waals surface area (Å²) in [6.45, 7) is -0.181. The minimum Gasteiger partial charge on any atom is -0.491 e. The van der Waals surface area contributed by atoms with Crippen LogP contribution in [0.4, 0.5) is 13.2 Å². The number of benzene rings is 1. The zero-order chi connectivity index (χ0) is 11.3. The maximum absolute atomic E-state index is 11.8. The number of aliphatic hydroxyl groups is 1. The van der Waals surface area contributed by atoms with Crippen LogP contribution in [0.25, 0.3) is 0 Å². The molecule has 0 amide bonds. The Bertz CT molecular complexity index is 312. The summed E-state index contributed by atoms with van der Waals surface area (Å²) < 4.78 is 44.1. The van der Waals surface area contributed by atoms with Gasteiger partial charge in [-0.15, -0.1) is 13.2 Å². The average Bonchev–Trinajstić information content (AvgIpc) is 2.12. The van der Waals surface area contributed by atoms with Crippen LogP contribution < -0.4 is 9.47 Å². The normalized spacial score (nSPS) is 11.2. The molecule has 0 radical (unpaired) electrons. The van der Waals surface area contributed by atoms with Crippen molar-refractivity contribution in [3.8, 4) is 11.5 Å². The third kappa shape index (κ3) is 4.55. The van der Waals surface area contributed by atoms with E-state index >= 15 is 0 Å². The summed E-state index contributed by atoms with van der Waals surface area (Å²) in [6.07, 6.45) is -4.71. The number of ether oxygens (including phenoxy) is 2. The summed E-state index contributed by atoms with van der Waals surface area (Å²) in [7, 11) is 0. The van der Waals surface area contributed by atoms with E-state index in [1.54, 1.807) is 0 Å². The summed E-state index contributed by atoms with van der Waals surface area (Å²) in [5.74, 6) is -0.135. The van der Waals surface area contributed by atoms with Crippen molar-refractivity contribution >= 4 is 0 Å². The zero-order valence-corrected chi connectivity index (χ0v) is 7.62. The van der Waals surface area contributed by atoms with Crippen molar-refractivity contribution in [1.29, 1.82) is 0 Å². The van der Waals surface area contributed by atoms with Crippen LogP contribution in [-0.2, 0) is 0 Å². The average molecular weight is 222 g/mol. The molecule has 0 fully saturated rings. The molecule has 3 nitrogen and oxygen atoms in total. The SMILES string of the molecule is OCCOc1cccc(OC(F)(F)F)c1. The van der Waals surface area contributed by atoms with E-state index in [-0.39, 0.29) is 24.7 Å². The summed E-state index contributed by atoms with van der Waals surface area (Å²) >= 11 is 0. The molecule has 0 heterocycles. The number of rotatable bonds is 4. The maximum Gasteiger partial charge on any atom is 0.573 e. The first-order chi connectivity index (χ1) is 7.01. The molecule has 6 heteroatoms. The molecule has 1 aromatic carbocycles. The third-order valence-corrected chi connectivity index (χ3v) is 1.40. The first-order valence-corrected chi connectivity index (χ1v) is 4.11. The Labute approximate surface area is 84.0 Å². The van der Waals surface area contributed by atoms with E-state index in [9.17, 15) is 13.2 Å². The highest BCUT2D eigenvalue weighted by atomic mass is 19.4. The molecule has 84 valence electrons. The molecule has 0 atom stereocenters. The number of halogens is 3. The Morgan fingerprint density at radius 1 is 1.20 bits per heavy atom. The quantitative estimate of drug-likeness (QED) is 0.846. The molecule has 1 aromatic rings. The van der Waals surface area contributed by atoms with Gasteiger partial charge in [-0.25, -0.2) is 0 Å². The predicted octanol–water partition coefficient (Wildman–Crippen LogP) is 1.96. The highest BCUT2D eigenvalue weighted by Crippen LogP contribution is 2.25. The lowest BCUT2D eigenvalue weighted by Crippen LogP contribution is -2.17. The molecule has 0 saturated heterocycles. The Balaban J connectivity index is 2.66. The fourth-order valence-corrected chi connectivity index (χ4v) is 0.925. The molecule has 0 aromatic heterocycles. The van der Waals surface area contributed by atoms with Crippen LogP contribution in [0.15, 0.2) is 24.3 Å². The van der Waals surface area contributed by atoms with Crippen molar-refractivity contribution in [1.82, 2.24) is 0 Å². The second kappa shape index (κ2) is 4.88. The smallest absolute Gasteiger partial charge is 0.491 e. The van der Waals surface area contributed by atoms with Gasteiger partial charge in [0.25, 0.3) is 0 Å². The second-order valence-corrected chi connectivity index (χ2v) is 2.59. The number of hydrogen-bond donors (Lipinski definition) is 1. The summed E-state index contributed by atoms with van der Waals surface area (Å²) in [4.78, 5) is 0. The van der Waals surface area contributed by atoms with Crippen molar-refractivity contribution in [2.45, 2.75) is 6.36 Å². The van der Waals surface area contributed by atoms with Gasteiger partial charge in [-0.1, -0.05) is 6.07 Å². The van der Waals surface area contributed by atoms with Gasteiger partial charge in [0.2, 0.25) is 0 Å². The highest BCUT2D eigenvalue weighted by Gasteiger charge is 2.31. The molecule has 0 aliphatic rings. The molecular weight excluding hydrogens is 213 g/mol. The summed E-state index contributed by atoms with van der Waals surface area (Å²) in [5, 5.41) is 8.45. The zero-order valence-electron chi connectivity index (χ0n) is 7.62. The Hall–Kier alpha value is -1.43. The number of alkyl halides is 3. The fourth-order valence-electron chi connectivity index (χ4n) is 0.925. The topological polar surface area (TPSA) is 38.7 Å². The van der Waals surface area contributed by atoms with Gasteiger partial charge in [0, 0.05) is 6.07 Å². The van der Waals surface area contributed by atoms with E-state index in [4.69, 9.17) is 9.84 Å². The van der Waals surface area contributed by atoms with E-state index in [1.807, 2.05) is 0 Å². The van der Waals surface area contributed by atoms with Gasteiger partial charge < -0.3 is 14.6 Å². The lowest BCUT2D eigenvalue weighted by atomic mass is 10.3. The van der Waals surface area contributed by atoms with Gasteiger partial charge in [0.15, 0.2) is 0 Å². The van der Waals surface area contributed by atoms with Gasteiger partial charge in [-0.2, -0.15) is 0 Å². The van der Waals surface area contributed by atoms with E-state index in [2.05, 4.69) is 4.74 Å². The lowest BCUT2D eigenvalue weighted by Gasteiger charge is -2.10. The Morgan fingerprint density at radius 3 is 2.47 bits per heavy atom. The first-order valence-electron chi connectivity index (χ1n) is 4.11. The van der Waals surface area contributed by atoms with Crippen molar-refractivity contribution in [2.24, 2.45) is 0 Å². The van der Waals surface area contributed by atoms with Gasteiger partial charge in [0.05, 0.1) is 6.61 Å². The molecule has 0 spiro atoms. The maximum atomic E-state index is 11.8. The van der Waals surface area contributed by atoms with E-state index < -0.39 is 6.36 Å². The largest absolute Gasteiger partial charge is 0.573 e. The van der Waals surface area contributed by atoms with Gasteiger partial charge in [-0.3, -0.25) is 0 Å². The van der Waals surface area contributed by atoms with E-state index in [0.29, 0.717) is 0 Å². The van der Waals surface area contributed by atoms with Crippen LogP contribution in [0.1, 0.15) is 0 Å². The molecule has 0 aliphatic carbocycles. The minimum atomic E-state index is -4.71. The first kappa shape index (κ1) is 11.6. The molecule has 15 heavy (non-hydrogen) atoms. The molecule has 0 saturated carbocycles. The van der Waals surface area contributed by atoms with Gasteiger partial charge >= 0.3 is 6.36 Å². The van der Waals surface area contributed by atoms with Crippen LogP contribution in [-0.4, -0.2) is 24.7 Å². The summed E-state index contributed by atoms with van der Waals surface area (Å²) in [6, 6.07) is 5.11. The minimum absolute atomic E-state index is 0.0233. The highest BCUT2D eigenvalue weighted by molar-refractivity contribution is 5.32. The van der Waals surface area contributed by atoms with Crippen LogP contribution in [0.5, 0.6) is 11.5 Å². The molecule has 0 unspecified atom stereocenters.